The van der Waals surface area contributed by atoms with Gasteiger partial charge in [-0.2, -0.15) is 5.10 Å². The van der Waals surface area contributed by atoms with Gasteiger partial charge in [-0.05, 0) is 43.5 Å². The molecule has 2 aromatic carbocycles. The van der Waals surface area contributed by atoms with Gasteiger partial charge in [0, 0.05) is 17.8 Å². The molecule has 1 heterocycles. The van der Waals surface area contributed by atoms with Gasteiger partial charge in [0.1, 0.15) is 5.75 Å². The lowest BCUT2D eigenvalue weighted by molar-refractivity contribution is 0.0952. The number of halogens is 1. The average molecular weight is 398 g/mol. The molecule has 28 heavy (non-hydrogen) atoms. The van der Waals surface area contributed by atoms with Crippen molar-refractivity contribution in [3.05, 3.63) is 82.6 Å². The minimum Gasteiger partial charge on any atom is -0.494 e. The number of hydrogen-bond donors (Lipinski definition) is 1. The SMILES string of the molecule is Cc1ccc(OCCCCNC(=O)c2cnn(Cc3ccccc3Cl)c2)cc1. The van der Waals surface area contributed by atoms with Gasteiger partial charge in [0.25, 0.3) is 5.91 Å². The molecule has 0 saturated carbocycles. The summed E-state index contributed by atoms with van der Waals surface area (Å²) in [5.41, 5.74) is 2.72. The summed E-state index contributed by atoms with van der Waals surface area (Å²) in [7, 11) is 0. The molecule has 3 aromatic rings. The zero-order valence-electron chi connectivity index (χ0n) is 15.9. The third-order valence-electron chi connectivity index (χ3n) is 4.33. The lowest BCUT2D eigenvalue weighted by atomic mass is 10.2. The summed E-state index contributed by atoms with van der Waals surface area (Å²) >= 11 is 6.17. The van der Waals surface area contributed by atoms with Crippen LogP contribution in [-0.4, -0.2) is 28.8 Å². The Labute approximate surface area is 170 Å². The topological polar surface area (TPSA) is 56.1 Å². The highest BCUT2D eigenvalue weighted by Gasteiger charge is 2.09. The molecule has 0 aliphatic heterocycles. The molecule has 1 N–H and O–H groups in total. The van der Waals surface area contributed by atoms with Crippen molar-refractivity contribution in [2.75, 3.05) is 13.2 Å². The Morgan fingerprint density at radius 1 is 1.14 bits per heavy atom. The number of nitrogens with one attached hydrogen (secondary N) is 1. The fourth-order valence-corrected chi connectivity index (χ4v) is 2.92. The Morgan fingerprint density at radius 2 is 1.93 bits per heavy atom. The lowest BCUT2D eigenvalue weighted by Gasteiger charge is -2.07. The molecule has 5 nitrogen and oxygen atoms in total. The molecule has 1 amide bonds. The first-order chi connectivity index (χ1) is 13.6. The number of aryl methyl sites for hydroxylation is 1. The maximum atomic E-state index is 12.2. The highest BCUT2D eigenvalue weighted by Crippen LogP contribution is 2.16. The van der Waals surface area contributed by atoms with Crippen LogP contribution in [0.2, 0.25) is 5.02 Å². The number of unbranched alkanes of at least 4 members (excludes halogenated alkanes) is 1. The quantitative estimate of drug-likeness (QED) is 0.541. The number of nitrogens with zero attached hydrogens (tertiary/aromatic N) is 2. The molecular weight excluding hydrogens is 374 g/mol. The van der Waals surface area contributed by atoms with E-state index in [9.17, 15) is 4.79 Å². The van der Waals surface area contributed by atoms with Gasteiger partial charge < -0.3 is 10.1 Å². The molecule has 146 valence electrons. The third-order valence-corrected chi connectivity index (χ3v) is 4.70. The van der Waals surface area contributed by atoms with Gasteiger partial charge in [-0.25, -0.2) is 0 Å². The van der Waals surface area contributed by atoms with Crippen LogP contribution < -0.4 is 10.1 Å². The number of rotatable bonds is 9. The van der Waals surface area contributed by atoms with Gasteiger partial charge in [0.2, 0.25) is 0 Å². The Morgan fingerprint density at radius 3 is 2.71 bits per heavy atom. The van der Waals surface area contributed by atoms with Crippen LogP contribution in [0.1, 0.15) is 34.3 Å². The number of amides is 1. The van der Waals surface area contributed by atoms with E-state index in [1.165, 1.54) is 5.56 Å². The van der Waals surface area contributed by atoms with Gasteiger partial charge >= 0.3 is 0 Å². The van der Waals surface area contributed by atoms with E-state index in [0.717, 1.165) is 24.2 Å². The Kier molecular flexibility index (Phi) is 7.09. The molecule has 0 atom stereocenters. The van der Waals surface area contributed by atoms with Gasteiger partial charge in [-0.15, -0.1) is 0 Å². The smallest absolute Gasteiger partial charge is 0.254 e. The summed E-state index contributed by atoms with van der Waals surface area (Å²) in [6, 6.07) is 15.6. The fourth-order valence-electron chi connectivity index (χ4n) is 2.72. The maximum absolute atomic E-state index is 12.2. The summed E-state index contributed by atoms with van der Waals surface area (Å²) in [6.45, 7) is 3.82. The molecule has 0 fully saturated rings. The highest BCUT2D eigenvalue weighted by molar-refractivity contribution is 6.31. The van der Waals surface area contributed by atoms with E-state index in [2.05, 4.69) is 10.4 Å². The van der Waals surface area contributed by atoms with Crippen LogP contribution in [0.5, 0.6) is 5.75 Å². The average Bonchev–Trinajstić information content (AvgIpc) is 3.16. The van der Waals surface area contributed by atoms with Crippen molar-refractivity contribution in [2.24, 2.45) is 0 Å². The van der Waals surface area contributed by atoms with Crippen molar-refractivity contribution in [1.29, 1.82) is 0 Å². The first kappa shape index (κ1) is 20.0. The van der Waals surface area contributed by atoms with Crippen LogP contribution in [0, 0.1) is 6.92 Å². The number of aromatic nitrogens is 2. The van der Waals surface area contributed by atoms with E-state index in [4.69, 9.17) is 16.3 Å². The van der Waals surface area contributed by atoms with E-state index >= 15 is 0 Å². The molecule has 3 rings (SSSR count). The molecule has 0 unspecified atom stereocenters. The highest BCUT2D eigenvalue weighted by atomic mass is 35.5. The van der Waals surface area contributed by atoms with E-state index in [0.29, 0.717) is 30.3 Å². The molecule has 1 aromatic heterocycles. The Balaban J connectivity index is 1.36. The number of carbonyl (C=O) groups excluding carboxylic acids is 1. The fraction of sp³-hybridized carbons (Fsp3) is 0.273. The van der Waals surface area contributed by atoms with E-state index in [1.54, 1.807) is 17.1 Å². The predicted octanol–water partition coefficient (Wildman–Crippen LogP) is 4.48. The number of ether oxygens (including phenoxy) is 1. The van der Waals surface area contributed by atoms with Crippen LogP contribution in [-0.2, 0) is 6.54 Å². The normalized spacial score (nSPS) is 10.6. The van der Waals surface area contributed by atoms with Crippen LogP contribution in [0.25, 0.3) is 0 Å². The lowest BCUT2D eigenvalue weighted by Crippen LogP contribution is -2.24. The van der Waals surface area contributed by atoms with Crippen LogP contribution >= 0.6 is 11.6 Å². The van der Waals surface area contributed by atoms with E-state index in [1.807, 2.05) is 55.5 Å². The number of carbonyl (C=O) groups is 1. The van der Waals surface area contributed by atoms with Crippen molar-refractivity contribution >= 4 is 17.5 Å². The van der Waals surface area contributed by atoms with Gasteiger partial charge in [-0.3, -0.25) is 9.48 Å². The second kappa shape index (κ2) is 9.95. The predicted molar refractivity (Wildman–Crippen MR) is 111 cm³/mol. The summed E-state index contributed by atoms with van der Waals surface area (Å²) in [6.07, 6.45) is 5.04. The number of hydrogen-bond acceptors (Lipinski definition) is 3. The molecule has 0 aliphatic rings. The van der Waals surface area contributed by atoms with Crippen molar-refractivity contribution < 1.29 is 9.53 Å². The Hall–Kier alpha value is -2.79. The zero-order chi connectivity index (χ0) is 19.8. The monoisotopic (exact) mass is 397 g/mol. The minimum atomic E-state index is -0.120. The summed E-state index contributed by atoms with van der Waals surface area (Å²) in [4.78, 5) is 12.2. The standard InChI is InChI=1S/C22H24ClN3O2/c1-17-8-10-20(11-9-17)28-13-5-4-12-24-22(27)19-14-25-26(16-19)15-18-6-2-3-7-21(18)23/h2-3,6-11,14,16H,4-5,12-13,15H2,1H3,(H,24,27). The number of benzene rings is 2. The van der Waals surface area contributed by atoms with Crippen LogP contribution in [0.4, 0.5) is 0 Å². The molecule has 0 bridgehead atoms. The van der Waals surface area contributed by atoms with Crippen molar-refractivity contribution in [3.8, 4) is 5.75 Å². The van der Waals surface area contributed by atoms with E-state index < -0.39 is 0 Å². The van der Waals surface area contributed by atoms with E-state index in [-0.39, 0.29) is 5.91 Å². The third kappa shape index (κ3) is 5.86. The largest absolute Gasteiger partial charge is 0.494 e. The molecule has 0 radical (unpaired) electrons. The van der Waals surface area contributed by atoms with Crippen molar-refractivity contribution in [2.45, 2.75) is 26.3 Å². The second-order valence-electron chi connectivity index (χ2n) is 6.64. The van der Waals surface area contributed by atoms with Gasteiger partial charge in [-0.1, -0.05) is 47.5 Å². The van der Waals surface area contributed by atoms with Gasteiger partial charge in [0.15, 0.2) is 0 Å². The molecule has 0 spiro atoms. The molecule has 6 heteroatoms. The van der Waals surface area contributed by atoms with Crippen LogP contribution in [0.3, 0.4) is 0 Å². The first-order valence-electron chi connectivity index (χ1n) is 9.35. The maximum Gasteiger partial charge on any atom is 0.254 e. The first-order valence-corrected chi connectivity index (χ1v) is 9.73. The Bertz CT molecular complexity index is 906. The molecule has 0 aliphatic carbocycles. The second-order valence-corrected chi connectivity index (χ2v) is 7.05. The van der Waals surface area contributed by atoms with Crippen LogP contribution in [0.15, 0.2) is 60.9 Å². The van der Waals surface area contributed by atoms with Crippen molar-refractivity contribution in [1.82, 2.24) is 15.1 Å². The molecular formula is C22H24ClN3O2. The summed E-state index contributed by atoms with van der Waals surface area (Å²) < 4.78 is 7.40. The van der Waals surface area contributed by atoms with Gasteiger partial charge in [0.05, 0.1) is 24.9 Å². The zero-order valence-corrected chi connectivity index (χ0v) is 16.7. The summed E-state index contributed by atoms with van der Waals surface area (Å²) in [5, 5.41) is 7.86. The molecule has 0 saturated heterocycles. The summed E-state index contributed by atoms with van der Waals surface area (Å²) in [5.74, 6) is 0.755. The minimum absolute atomic E-state index is 0.120. The van der Waals surface area contributed by atoms with Crippen molar-refractivity contribution in [3.63, 3.8) is 0 Å².